The van der Waals surface area contributed by atoms with Gasteiger partial charge in [0, 0.05) is 25.3 Å². The minimum atomic E-state index is -0.0306. The van der Waals surface area contributed by atoms with Crippen LogP contribution in [0.3, 0.4) is 0 Å². The molecule has 1 aromatic carbocycles. The Morgan fingerprint density at radius 3 is 2.24 bits per heavy atom. The summed E-state index contributed by atoms with van der Waals surface area (Å²) in [6.45, 7) is 2.53. The summed E-state index contributed by atoms with van der Waals surface area (Å²) in [5, 5.41) is 0. The quantitative estimate of drug-likeness (QED) is 0.749. The Bertz CT molecular complexity index is 395. The molecule has 90 valence electrons. The summed E-state index contributed by atoms with van der Waals surface area (Å²) < 4.78 is 0. The van der Waals surface area contributed by atoms with Crippen molar-refractivity contribution < 1.29 is 9.59 Å². The lowest BCUT2D eigenvalue weighted by molar-refractivity contribution is -0.148. The lowest BCUT2D eigenvalue weighted by atomic mass is 9.88. The topological polar surface area (TPSA) is 37.4 Å². The predicted molar refractivity (Wildman–Crippen MR) is 65.4 cm³/mol. The fraction of sp³-hybridized carbons (Fsp3) is 0.429. The first-order chi connectivity index (χ1) is 8.22. The summed E-state index contributed by atoms with van der Waals surface area (Å²) in [6, 6.07) is 9.81. The van der Waals surface area contributed by atoms with Gasteiger partial charge in [0.2, 0.25) is 11.8 Å². The zero-order valence-electron chi connectivity index (χ0n) is 10.1. The molecule has 0 atom stereocenters. The van der Waals surface area contributed by atoms with Gasteiger partial charge in [-0.3, -0.25) is 14.5 Å². The number of rotatable bonds is 3. The van der Waals surface area contributed by atoms with Crippen molar-refractivity contribution in [1.29, 1.82) is 0 Å². The third kappa shape index (κ3) is 2.54. The van der Waals surface area contributed by atoms with Crippen LogP contribution in [-0.2, 0) is 9.59 Å². The van der Waals surface area contributed by atoms with Crippen LogP contribution in [-0.4, -0.2) is 23.3 Å². The fourth-order valence-electron chi connectivity index (χ4n) is 2.29. The van der Waals surface area contributed by atoms with Gasteiger partial charge in [-0.2, -0.15) is 0 Å². The monoisotopic (exact) mass is 231 g/mol. The maximum Gasteiger partial charge on any atom is 0.229 e. The molecule has 3 nitrogen and oxygen atoms in total. The second-order valence-electron chi connectivity index (χ2n) is 4.45. The largest absolute Gasteiger partial charge is 0.283 e. The number of likely N-dealkylation sites (tertiary alicyclic amines) is 1. The molecule has 1 heterocycles. The van der Waals surface area contributed by atoms with E-state index in [4.69, 9.17) is 0 Å². The first-order valence-electron chi connectivity index (χ1n) is 6.10. The van der Waals surface area contributed by atoms with Crippen molar-refractivity contribution in [3.05, 3.63) is 35.9 Å². The molecule has 2 rings (SSSR count). The van der Waals surface area contributed by atoms with E-state index in [0.29, 0.717) is 19.4 Å². The van der Waals surface area contributed by atoms with Crippen LogP contribution in [0.5, 0.6) is 0 Å². The van der Waals surface area contributed by atoms with Crippen LogP contribution >= 0.6 is 0 Å². The molecule has 1 aliphatic rings. The molecule has 17 heavy (non-hydrogen) atoms. The number of amides is 2. The summed E-state index contributed by atoms with van der Waals surface area (Å²) in [4.78, 5) is 25.2. The number of hydrogen-bond acceptors (Lipinski definition) is 2. The van der Waals surface area contributed by atoms with Gasteiger partial charge in [-0.1, -0.05) is 37.3 Å². The molecule has 0 aromatic heterocycles. The molecule has 1 saturated heterocycles. The third-order valence-electron chi connectivity index (χ3n) is 3.16. The average Bonchev–Trinajstić information content (AvgIpc) is 2.35. The lowest BCUT2D eigenvalue weighted by Crippen LogP contribution is -2.42. The number of nitrogens with zero attached hydrogens (tertiary/aromatic N) is 1. The van der Waals surface area contributed by atoms with Crippen LogP contribution in [0.1, 0.15) is 37.7 Å². The molecule has 0 N–H and O–H groups in total. The molecular weight excluding hydrogens is 214 g/mol. The van der Waals surface area contributed by atoms with Crippen LogP contribution in [0, 0.1) is 0 Å². The van der Waals surface area contributed by atoms with Crippen LogP contribution in [0.2, 0.25) is 0 Å². The molecule has 1 fully saturated rings. The SMILES string of the molecule is CCCN1C(=O)CC(c2ccccc2)CC1=O. The summed E-state index contributed by atoms with van der Waals surface area (Å²) in [7, 11) is 0. The van der Waals surface area contributed by atoms with Gasteiger partial charge in [0.1, 0.15) is 0 Å². The summed E-state index contributed by atoms with van der Waals surface area (Å²) in [5.74, 6) is -0.00166. The van der Waals surface area contributed by atoms with Crippen molar-refractivity contribution in [2.45, 2.75) is 32.1 Å². The van der Waals surface area contributed by atoms with Crippen molar-refractivity contribution in [3.63, 3.8) is 0 Å². The zero-order chi connectivity index (χ0) is 12.3. The molecule has 0 bridgehead atoms. The molecule has 0 saturated carbocycles. The van der Waals surface area contributed by atoms with E-state index in [2.05, 4.69) is 0 Å². The van der Waals surface area contributed by atoms with Gasteiger partial charge in [-0.15, -0.1) is 0 Å². The minimum Gasteiger partial charge on any atom is -0.283 e. The Hall–Kier alpha value is -1.64. The minimum absolute atomic E-state index is 0.0306. The van der Waals surface area contributed by atoms with E-state index in [9.17, 15) is 9.59 Å². The smallest absolute Gasteiger partial charge is 0.229 e. The molecule has 2 amide bonds. The lowest BCUT2D eigenvalue weighted by Gasteiger charge is -2.30. The van der Waals surface area contributed by atoms with E-state index in [1.165, 1.54) is 4.90 Å². The summed E-state index contributed by atoms with van der Waals surface area (Å²) >= 11 is 0. The van der Waals surface area contributed by atoms with Crippen molar-refractivity contribution in [2.24, 2.45) is 0 Å². The highest BCUT2D eigenvalue weighted by Crippen LogP contribution is 2.29. The summed E-state index contributed by atoms with van der Waals surface area (Å²) in [6.07, 6.45) is 1.74. The van der Waals surface area contributed by atoms with Crippen LogP contribution in [0.4, 0.5) is 0 Å². The van der Waals surface area contributed by atoms with Crippen molar-refractivity contribution in [3.8, 4) is 0 Å². The maximum absolute atomic E-state index is 11.9. The highest BCUT2D eigenvalue weighted by molar-refractivity contribution is 5.98. The molecule has 1 aromatic rings. The Balaban J connectivity index is 2.12. The molecular formula is C14H17NO2. The molecule has 1 aliphatic heterocycles. The Morgan fingerprint density at radius 2 is 1.71 bits per heavy atom. The second kappa shape index (κ2) is 5.13. The number of hydrogen-bond donors (Lipinski definition) is 0. The average molecular weight is 231 g/mol. The van der Waals surface area contributed by atoms with E-state index in [1.807, 2.05) is 37.3 Å². The maximum atomic E-state index is 11.9. The van der Waals surface area contributed by atoms with Crippen molar-refractivity contribution in [1.82, 2.24) is 4.90 Å². The first-order valence-corrected chi connectivity index (χ1v) is 6.10. The van der Waals surface area contributed by atoms with E-state index in [-0.39, 0.29) is 17.7 Å². The van der Waals surface area contributed by atoms with E-state index in [0.717, 1.165) is 12.0 Å². The number of carbonyl (C=O) groups excluding carboxylic acids is 2. The zero-order valence-corrected chi connectivity index (χ0v) is 10.1. The molecule has 0 unspecified atom stereocenters. The number of imide groups is 1. The number of benzene rings is 1. The predicted octanol–water partition coefficient (Wildman–Crippen LogP) is 2.33. The van der Waals surface area contributed by atoms with Gasteiger partial charge in [-0.25, -0.2) is 0 Å². The molecule has 0 radical (unpaired) electrons. The van der Waals surface area contributed by atoms with E-state index >= 15 is 0 Å². The first kappa shape index (κ1) is 11.8. The van der Waals surface area contributed by atoms with Crippen LogP contribution < -0.4 is 0 Å². The Labute approximate surface area is 101 Å². The van der Waals surface area contributed by atoms with Gasteiger partial charge in [0.25, 0.3) is 0 Å². The normalized spacial score (nSPS) is 17.6. The highest BCUT2D eigenvalue weighted by Gasteiger charge is 2.32. The number of piperidine rings is 1. The van der Waals surface area contributed by atoms with Crippen molar-refractivity contribution >= 4 is 11.8 Å². The van der Waals surface area contributed by atoms with Gasteiger partial charge in [0.15, 0.2) is 0 Å². The van der Waals surface area contributed by atoms with Gasteiger partial charge in [0.05, 0.1) is 0 Å². The molecule has 0 aliphatic carbocycles. The Morgan fingerprint density at radius 1 is 1.12 bits per heavy atom. The molecule has 0 spiro atoms. The van der Waals surface area contributed by atoms with Gasteiger partial charge >= 0.3 is 0 Å². The van der Waals surface area contributed by atoms with Gasteiger partial charge in [-0.05, 0) is 12.0 Å². The standard InChI is InChI=1S/C14H17NO2/c1-2-8-15-13(16)9-12(10-14(15)17)11-6-4-3-5-7-11/h3-7,12H,2,8-10H2,1H3. The Kier molecular flexibility index (Phi) is 3.57. The number of carbonyl (C=O) groups is 2. The van der Waals surface area contributed by atoms with Crippen LogP contribution in [0.15, 0.2) is 30.3 Å². The summed E-state index contributed by atoms with van der Waals surface area (Å²) in [5.41, 5.74) is 1.09. The van der Waals surface area contributed by atoms with Gasteiger partial charge < -0.3 is 0 Å². The van der Waals surface area contributed by atoms with E-state index < -0.39 is 0 Å². The van der Waals surface area contributed by atoms with E-state index in [1.54, 1.807) is 0 Å². The van der Waals surface area contributed by atoms with Crippen LogP contribution in [0.25, 0.3) is 0 Å². The fourth-order valence-corrected chi connectivity index (χ4v) is 2.29. The highest BCUT2D eigenvalue weighted by atomic mass is 16.2. The second-order valence-corrected chi connectivity index (χ2v) is 4.45. The third-order valence-corrected chi connectivity index (χ3v) is 3.16. The van der Waals surface area contributed by atoms with Crippen molar-refractivity contribution in [2.75, 3.05) is 6.54 Å². The molecule has 3 heteroatoms.